The van der Waals surface area contributed by atoms with Crippen LogP contribution in [-0.4, -0.2) is 21.5 Å². The van der Waals surface area contributed by atoms with Crippen LogP contribution in [-0.2, 0) is 6.18 Å². The highest BCUT2D eigenvalue weighted by Crippen LogP contribution is 2.34. The van der Waals surface area contributed by atoms with E-state index in [2.05, 4.69) is 21.5 Å². The van der Waals surface area contributed by atoms with Crippen molar-refractivity contribution in [1.82, 2.24) is 15.0 Å². The lowest BCUT2D eigenvalue weighted by Crippen LogP contribution is -2.22. The van der Waals surface area contributed by atoms with Crippen molar-refractivity contribution >= 4 is 32.6 Å². The Morgan fingerprint density at radius 3 is 2.67 bits per heavy atom. The first-order valence-electron chi connectivity index (χ1n) is 7.05. The van der Waals surface area contributed by atoms with Crippen molar-refractivity contribution in [3.63, 3.8) is 0 Å². The molecule has 0 saturated carbocycles. The maximum Gasteiger partial charge on any atom is 0.433 e. The first-order chi connectivity index (χ1) is 11.4. The van der Waals surface area contributed by atoms with Gasteiger partial charge in [0.05, 0.1) is 10.2 Å². The second kappa shape index (κ2) is 6.20. The van der Waals surface area contributed by atoms with Gasteiger partial charge in [-0.25, -0.2) is 15.0 Å². The Kier molecular flexibility index (Phi) is 4.23. The van der Waals surface area contributed by atoms with Crippen LogP contribution in [0, 0.1) is 6.92 Å². The summed E-state index contributed by atoms with van der Waals surface area (Å²) in [6, 6.07) is 7.48. The van der Waals surface area contributed by atoms with Gasteiger partial charge in [-0.3, -0.25) is 4.90 Å². The Hall–Kier alpha value is -2.48. The second-order valence-corrected chi connectivity index (χ2v) is 6.07. The average molecular weight is 350 g/mol. The van der Waals surface area contributed by atoms with Crippen molar-refractivity contribution in [1.29, 1.82) is 0 Å². The number of hydrogen-bond acceptors (Lipinski definition) is 5. The minimum absolute atomic E-state index is 0.0193. The minimum Gasteiger partial charge on any atom is -0.282 e. The Labute approximate surface area is 140 Å². The van der Waals surface area contributed by atoms with Crippen LogP contribution in [0.25, 0.3) is 10.2 Å². The summed E-state index contributed by atoms with van der Waals surface area (Å²) in [7, 11) is 0. The summed E-state index contributed by atoms with van der Waals surface area (Å²) in [5, 5.41) is 0.521. The molecule has 0 aliphatic heterocycles. The van der Waals surface area contributed by atoms with Gasteiger partial charge in [0.2, 0.25) is 5.95 Å². The van der Waals surface area contributed by atoms with E-state index in [9.17, 15) is 13.2 Å². The fourth-order valence-electron chi connectivity index (χ4n) is 2.20. The third-order valence-electron chi connectivity index (χ3n) is 3.29. The first-order valence-corrected chi connectivity index (χ1v) is 7.86. The van der Waals surface area contributed by atoms with Gasteiger partial charge in [-0.2, -0.15) is 13.2 Å². The Balaban J connectivity index is 2.10. The number of fused-ring (bicyclic) bond motifs is 1. The van der Waals surface area contributed by atoms with Gasteiger partial charge in [0.25, 0.3) is 0 Å². The molecule has 24 heavy (non-hydrogen) atoms. The average Bonchev–Trinajstić information content (AvgIpc) is 2.96. The summed E-state index contributed by atoms with van der Waals surface area (Å²) < 4.78 is 40.3. The van der Waals surface area contributed by atoms with Crippen molar-refractivity contribution in [2.24, 2.45) is 0 Å². The zero-order chi connectivity index (χ0) is 17.3. The van der Waals surface area contributed by atoms with E-state index in [0.29, 0.717) is 5.13 Å². The van der Waals surface area contributed by atoms with Gasteiger partial charge in [0, 0.05) is 12.7 Å². The first kappa shape index (κ1) is 16.4. The number of aromatic nitrogens is 3. The molecule has 3 aromatic rings. The number of thiazole rings is 1. The highest BCUT2D eigenvalue weighted by atomic mass is 32.1. The van der Waals surface area contributed by atoms with E-state index in [-0.39, 0.29) is 18.1 Å². The van der Waals surface area contributed by atoms with Crippen LogP contribution < -0.4 is 4.90 Å². The van der Waals surface area contributed by atoms with Gasteiger partial charge >= 0.3 is 6.18 Å². The maximum atomic E-state index is 13.1. The normalized spacial score (nSPS) is 11.7. The van der Waals surface area contributed by atoms with Gasteiger partial charge < -0.3 is 0 Å². The molecule has 8 heteroatoms. The van der Waals surface area contributed by atoms with Gasteiger partial charge in [-0.05, 0) is 24.6 Å². The summed E-state index contributed by atoms with van der Waals surface area (Å²) in [5.74, 6) is -0.0492. The molecular weight excluding hydrogens is 337 g/mol. The van der Waals surface area contributed by atoms with E-state index in [0.717, 1.165) is 10.2 Å². The number of rotatable bonds is 4. The van der Waals surface area contributed by atoms with Crippen LogP contribution in [0.2, 0.25) is 0 Å². The summed E-state index contributed by atoms with van der Waals surface area (Å²) >= 11 is 1.36. The number of para-hydroxylation sites is 1. The maximum absolute atomic E-state index is 13.1. The number of hydrogen-bond donors (Lipinski definition) is 0. The third kappa shape index (κ3) is 3.09. The van der Waals surface area contributed by atoms with Crippen LogP contribution in [0.4, 0.5) is 24.3 Å². The predicted molar refractivity (Wildman–Crippen MR) is 88.6 cm³/mol. The lowest BCUT2D eigenvalue weighted by Gasteiger charge is -2.19. The molecule has 4 nitrogen and oxygen atoms in total. The third-order valence-corrected chi connectivity index (χ3v) is 4.35. The van der Waals surface area contributed by atoms with Gasteiger partial charge in [0.15, 0.2) is 10.8 Å². The Morgan fingerprint density at radius 1 is 1.25 bits per heavy atom. The second-order valence-electron chi connectivity index (χ2n) is 5.06. The topological polar surface area (TPSA) is 41.9 Å². The number of nitrogens with zero attached hydrogens (tertiary/aromatic N) is 4. The minimum atomic E-state index is -4.53. The Bertz CT molecular complexity index is 855. The van der Waals surface area contributed by atoms with Crippen molar-refractivity contribution in [2.45, 2.75) is 13.1 Å². The standard InChI is InChI=1S/C16H13F3N4S/c1-3-8-23(15-21-11-6-4-5-7-12(11)24-15)14-20-9-10(2)13(22-14)16(17,18)19/h3-7,9H,1,8H2,2H3. The summed E-state index contributed by atoms with van der Waals surface area (Å²) in [6.07, 6.45) is -1.79. The number of benzene rings is 1. The number of halogens is 3. The summed E-state index contributed by atoms with van der Waals surface area (Å²) in [4.78, 5) is 13.7. The summed E-state index contributed by atoms with van der Waals surface area (Å²) in [5.41, 5.74) is -0.188. The Morgan fingerprint density at radius 2 is 2.00 bits per heavy atom. The fourth-order valence-corrected chi connectivity index (χ4v) is 3.17. The molecule has 0 spiro atoms. The SMILES string of the molecule is C=CCN(c1ncc(C)c(C(F)(F)F)n1)c1nc2ccccc2s1. The molecule has 0 atom stereocenters. The molecule has 0 fully saturated rings. The highest BCUT2D eigenvalue weighted by molar-refractivity contribution is 7.22. The molecule has 0 N–H and O–H groups in total. The lowest BCUT2D eigenvalue weighted by atomic mass is 10.2. The number of anilines is 2. The van der Waals surface area contributed by atoms with E-state index >= 15 is 0 Å². The molecule has 0 unspecified atom stereocenters. The number of alkyl halides is 3. The molecule has 2 aromatic heterocycles. The molecule has 0 aliphatic rings. The number of aryl methyl sites for hydroxylation is 1. The van der Waals surface area contributed by atoms with Gasteiger partial charge in [-0.1, -0.05) is 29.5 Å². The van der Waals surface area contributed by atoms with E-state index in [1.807, 2.05) is 24.3 Å². The van der Waals surface area contributed by atoms with Crippen molar-refractivity contribution < 1.29 is 13.2 Å². The molecule has 0 saturated heterocycles. The monoisotopic (exact) mass is 350 g/mol. The zero-order valence-electron chi connectivity index (χ0n) is 12.7. The fraction of sp³-hybridized carbons (Fsp3) is 0.188. The molecule has 0 radical (unpaired) electrons. The lowest BCUT2D eigenvalue weighted by molar-refractivity contribution is -0.141. The molecule has 124 valence electrons. The molecule has 0 amide bonds. The summed E-state index contributed by atoms with van der Waals surface area (Å²) in [6.45, 7) is 5.24. The van der Waals surface area contributed by atoms with E-state index in [1.165, 1.54) is 29.4 Å². The quantitative estimate of drug-likeness (QED) is 0.638. The molecule has 3 rings (SSSR count). The van der Waals surface area contributed by atoms with Gasteiger partial charge in [0.1, 0.15) is 0 Å². The molecular formula is C16H13F3N4S. The van der Waals surface area contributed by atoms with Crippen molar-refractivity contribution in [3.8, 4) is 0 Å². The van der Waals surface area contributed by atoms with E-state index < -0.39 is 11.9 Å². The smallest absolute Gasteiger partial charge is 0.282 e. The highest BCUT2D eigenvalue weighted by Gasteiger charge is 2.35. The largest absolute Gasteiger partial charge is 0.433 e. The van der Waals surface area contributed by atoms with Crippen LogP contribution in [0.1, 0.15) is 11.3 Å². The van der Waals surface area contributed by atoms with Gasteiger partial charge in [-0.15, -0.1) is 6.58 Å². The van der Waals surface area contributed by atoms with Crippen LogP contribution in [0.5, 0.6) is 0 Å². The zero-order valence-corrected chi connectivity index (χ0v) is 13.5. The molecule has 1 aromatic carbocycles. The molecule has 0 aliphatic carbocycles. The molecule has 0 bridgehead atoms. The van der Waals surface area contributed by atoms with Crippen LogP contribution in [0.3, 0.4) is 0 Å². The predicted octanol–water partition coefficient (Wildman–Crippen LogP) is 4.74. The van der Waals surface area contributed by atoms with E-state index in [1.54, 1.807) is 6.08 Å². The van der Waals surface area contributed by atoms with Crippen molar-refractivity contribution in [2.75, 3.05) is 11.4 Å². The van der Waals surface area contributed by atoms with Crippen molar-refractivity contribution in [3.05, 3.63) is 54.4 Å². The van der Waals surface area contributed by atoms with Crippen LogP contribution in [0.15, 0.2) is 43.1 Å². The molecule has 2 heterocycles. The van der Waals surface area contributed by atoms with E-state index in [4.69, 9.17) is 0 Å². The van der Waals surface area contributed by atoms with Crippen LogP contribution >= 0.6 is 11.3 Å².